The fraction of sp³-hybridized carbons (Fsp3) is 0.347. The summed E-state index contributed by atoms with van der Waals surface area (Å²) in [5.74, 6) is 0.441. The van der Waals surface area contributed by atoms with Crippen LogP contribution >= 0.6 is 0 Å². The molecule has 0 heterocycles. The number of benzene rings is 11. The van der Waals surface area contributed by atoms with Crippen LogP contribution in [0.15, 0.2) is 255 Å². The molecule has 11 aromatic carbocycles. The van der Waals surface area contributed by atoms with E-state index in [1.807, 2.05) is 0 Å². The molecule has 0 spiro atoms. The number of hydrogen-bond donors (Lipinski definition) is 0. The van der Waals surface area contributed by atoms with E-state index in [4.69, 9.17) is 28.4 Å². The molecule has 0 radical (unpaired) electrons. The lowest BCUT2D eigenvalue weighted by molar-refractivity contribution is -0.203. The van der Waals surface area contributed by atoms with Crippen LogP contribution in [-0.2, 0) is 66.9 Å². The summed E-state index contributed by atoms with van der Waals surface area (Å²) in [7, 11) is 5.13. The fourth-order valence-corrected chi connectivity index (χ4v) is 19.0. The fourth-order valence-electron chi connectivity index (χ4n) is 19.0. The lowest BCUT2D eigenvalue weighted by atomic mass is 9.60. The third-order valence-electron chi connectivity index (χ3n) is 26.6. The summed E-state index contributed by atoms with van der Waals surface area (Å²) in [5.41, 5.74) is 24.6. The molecule has 0 unspecified atom stereocenters. The van der Waals surface area contributed by atoms with Crippen LogP contribution in [0.25, 0.3) is 77.5 Å². The molecule has 530 valence electrons. The first-order valence-corrected chi connectivity index (χ1v) is 38.5. The van der Waals surface area contributed by atoms with Crippen molar-refractivity contribution in [3.8, 4) is 66.8 Å². The second kappa shape index (κ2) is 28.7. The molecule has 38 rings (SSSR count). The van der Waals surface area contributed by atoms with Crippen LogP contribution in [-0.4, -0.2) is 41.7 Å². The van der Waals surface area contributed by atoms with Crippen LogP contribution in [0.1, 0.15) is 181 Å². The van der Waals surface area contributed by atoms with Crippen molar-refractivity contribution < 1.29 is 28.4 Å². The molecule has 0 atom stereocenters. The lowest BCUT2D eigenvalue weighted by Gasteiger charge is -2.46. The van der Waals surface area contributed by atoms with Gasteiger partial charge in [-0.25, -0.2) is 0 Å². The van der Waals surface area contributed by atoms with Crippen molar-refractivity contribution in [1.82, 2.24) is 0 Å². The second-order valence-corrected chi connectivity index (χ2v) is 32.7. The predicted octanol–water partition coefficient (Wildman–Crippen LogP) is 24.8. The zero-order valence-corrected chi connectivity index (χ0v) is 62.2. The molecule has 6 heteroatoms. The molecule has 104 heavy (non-hydrogen) atoms. The van der Waals surface area contributed by atoms with Crippen LogP contribution in [0.4, 0.5) is 0 Å². The van der Waals surface area contributed by atoms with Crippen LogP contribution in [0.5, 0.6) is 0 Å². The Morgan fingerprint density at radius 2 is 0.433 bits per heavy atom. The van der Waals surface area contributed by atoms with Crippen molar-refractivity contribution in [3.05, 3.63) is 299 Å². The van der Waals surface area contributed by atoms with Crippen LogP contribution in [0.3, 0.4) is 0 Å². The van der Waals surface area contributed by atoms with Gasteiger partial charge in [0, 0.05) is 21.3 Å². The van der Waals surface area contributed by atoms with E-state index >= 15 is 0 Å². The molecule has 0 aromatic heterocycles. The molecule has 27 aliphatic rings. The highest BCUT2D eigenvalue weighted by Crippen LogP contribution is 2.54. The van der Waals surface area contributed by atoms with Gasteiger partial charge in [-0.3, -0.25) is 0 Å². The zero-order chi connectivity index (χ0) is 71.2. The normalized spacial score (nSPS) is 25.9. The molecule has 0 saturated heterocycles. The highest BCUT2D eigenvalue weighted by Gasteiger charge is 2.47. The molecule has 6 nitrogen and oxygen atoms in total. The average molecular weight is 1380 g/mol. The maximum atomic E-state index is 6.77. The molecule has 4 fully saturated rings. The van der Waals surface area contributed by atoms with Crippen molar-refractivity contribution >= 4 is 10.8 Å². The van der Waals surface area contributed by atoms with Gasteiger partial charge in [-0.1, -0.05) is 270 Å². The van der Waals surface area contributed by atoms with Crippen molar-refractivity contribution in [3.63, 3.8) is 0 Å². The summed E-state index contributed by atoms with van der Waals surface area (Å²) in [6.45, 7) is 10.7. The Balaban J connectivity index is 0.651. The monoisotopic (exact) mass is 1370 g/mol. The van der Waals surface area contributed by atoms with E-state index in [-0.39, 0.29) is 42.0 Å². The van der Waals surface area contributed by atoms with Gasteiger partial charge in [-0.05, 0) is 264 Å². The molecule has 4 saturated carbocycles. The SMILES string of the molecule is COCOC12CCC(CC1)c1ccc(cc1)-c1ccc(cc1)C1(OCOC)CCC(OCOC)(CC1)c1ccc(cc1)-c1ccc3cc(ccc3c1)-c1ccc(cc1)C1(C)CCC(C)(CC1)c1ccc(cc1)-c1ccc(cc1)C1(C)CCC(C)(CC1)c1ccc(cc1)-c1ccc(cc1)-c1ccc2cc1. The number of methoxy groups -OCH3 is 3. The molecule has 30 bridgehead atoms. The van der Waals surface area contributed by atoms with Crippen molar-refractivity contribution in [2.24, 2.45) is 0 Å². The maximum Gasteiger partial charge on any atom is 0.147 e. The van der Waals surface area contributed by atoms with Crippen LogP contribution < -0.4 is 0 Å². The number of hydrogen-bond acceptors (Lipinski definition) is 6. The Hall–Kier alpha value is -8.56. The first-order valence-electron chi connectivity index (χ1n) is 38.5. The van der Waals surface area contributed by atoms with Gasteiger partial charge in [0.2, 0.25) is 0 Å². The zero-order valence-electron chi connectivity index (χ0n) is 62.2. The summed E-state index contributed by atoms with van der Waals surface area (Å²) < 4.78 is 37.1. The highest BCUT2D eigenvalue weighted by molar-refractivity contribution is 5.91. The van der Waals surface area contributed by atoms with Gasteiger partial charge in [0.15, 0.2) is 0 Å². The average Bonchev–Trinajstić information content (AvgIpc) is 0.764. The lowest BCUT2D eigenvalue weighted by Crippen LogP contribution is -2.43. The van der Waals surface area contributed by atoms with E-state index < -0.39 is 16.8 Å². The Kier molecular flexibility index (Phi) is 19.3. The van der Waals surface area contributed by atoms with Crippen LogP contribution in [0, 0.1) is 0 Å². The smallest absolute Gasteiger partial charge is 0.147 e. The van der Waals surface area contributed by atoms with Gasteiger partial charge in [0.05, 0.1) is 16.8 Å². The molecule has 11 aromatic rings. The molecular weight excluding hydrogens is 1270 g/mol. The summed E-state index contributed by atoms with van der Waals surface area (Å²) >= 11 is 0. The molecular formula is C98H102O6. The van der Waals surface area contributed by atoms with Crippen molar-refractivity contribution in [2.75, 3.05) is 41.7 Å². The summed E-state index contributed by atoms with van der Waals surface area (Å²) in [6, 6.07) is 97.6. The summed E-state index contributed by atoms with van der Waals surface area (Å²) in [5, 5.41) is 2.46. The minimum atomic E-state index is -0.544. The van der Waals surface area contributed by atoms with Crippen LogP contribution in [0.2, 0.25) is 0 Å². The minimum Gasteiger partial charge on any atom is -0.359 e. The van der Waals surface area contributed by atoms with E-state index in [9.17, 15) is 0 Å². The quantitative estimate of drug-likeness (QED) is 0.134. The summed E-state index contributed by atoms with van der Waals surface area (Å²) in [6.07, 6.45) is 16.3. The summed E-state index contributed by atoms with van der Waals surface area (Å²) in [4.78, 5) is 0. The standard InChI is InChI=1S/C98H102O6/c1-92-52-54-93(2,55-53-92)86-36-22-74(23-37-86)75-24-38-87(39-25-75)94(3)56-58-95(4,59-57-94)88-40-26-78(27-41-88)81-16-18-84-65-82(17-19-83(84)64-81)79-32-46-91(47-33-79)98(104-68-101-7)62-60-97(61-63-98,103-67-100-6)90-44-30-77(31-45-90)71-12-14-72(15-13-71)80-48-50-96(51-49-80,102-66-99-5)89-42-28-76(29-43-89)70-10-8-69(9-11-70)73-20-34-85(92)35-21-73/h8-47,64-65,80H,48-63,66-68H2,1-7H3. The molecule has 0 N–H and O–H groups in total. The topological polar surface area (TPSA) is 55.4 Å². The van der Waals surface area contributed by atoms with Gasteiger partial charge in [-0.2, -0.15) is 0 Å². The van der Waals surface area contributed by atoms with Gasteiger partial charge in [-0.15, -0.1) is 0 Å². The van der Waals surface area contributed by atoms with E-state index in [1.165, 1.54) is 149 Å². The Bertz CT molecular complexity index is 4730. The van der Waals surface area contributed by atoms with Gasteiger partial charge >= 0.3 is 0 Å². The van der Waals surface area contributed by atoms with E-state index in [0.29, 0.717) is 5.92 Å². The highest BCUT2D eigenvalue weighted by atomic mass is 16.7. The maximum absolute atomic E-state index is 6.77. The number of ether oxygens (including phenoxy) is 6. The largest absolute Gasteiger partial charge is 0.359 e. The van der Waals surface area contributed by atoms with E-state index in [0.717, 1.165) is 75.3 Å². The van der Waals surface area contributed by atoms with Gasteiger partial charge in [0.25, 0.3) is 0 Å². The number of rotatable bonds is 9. The van der Waals surface area contributed by atoms with E-state index in [1.54, 1.807) is 21.3 Å². The molecule has 0 amide bonds. The Morgan fingerprint density at radius 3 is 0.683 bits per heavy atom. The van der Waals surface area contributed by atoms with E-state index in [2.05, 4.69) is 282 Å². The second-order valence-electron chi connectivity index (χ2n) is 32.7. The Morgan fingerprint density at radius 1 is 0.231 bits per heavy atom. The molecule has 0 aliphatic heterocycles. The van der Waals surface area contributed by atoms with Crippen molar-refractivity contribution in [2.45, 2.75) is 175 Å². The van der Waals surface area contributed by atoms with Gasteiger partial charge in [0.1, 0.15) is 20.4 Å². The first kappa shape index (κ1) is 69.8. The minimum absolute atomic E-state index is 0.136. The van der Waals surface area contributed by atoms with Gasteiger partial charge < -0.3 is 28.4 Å². The first-order chi connectivity index (χ1) is 50.6. The molecule has 27 aliphatic carbocycles. The third kappa shape index (κ3) is 13.6. The third-order valence-corrected chi connectivity index (χ3v) is 26.6. The Labute approximate surface area is 618 Å². The predicted molar refractivity (Wildman–Crippen MR) is 426 cm³/mol. The van der Waals surface area contributed by atoms with Crippen molar-refractivity contribution in [1.29, 1.82) is 0 Å².